The third-order valence-corrected chi connectivity index (χ3v) is 7.09. The molecule has 0 radical (unpaired) electrons. The van der Waals surface area contributed by atoms with Crippen LogP contribution in [0.4, 0.5) is 0 Å². The molecule has 1 amide bonds. The van der Waals surface area contributed by atoms with Crippen LogP contribution in [0, 0.1) is 6.92 Å². The second kappa shape index (κ2) is 12.4. The number of nitrogens with one attached hydrogen (secondary N) is 1. The highest BCUT2D eigenvalue weighted by Gasteiger charge is 2.26. The second-order valence-electron chi connectivity index (χ2n) is 9.78. The Kier molecular flexibility index (Phi) is 8.80. The van der Waals surface area contributed by atoms with Crippen molar-refractivity contribution in [2.24, 2.45) is 0 Å². The van der Waals surface area contributed by atoms with E-state index in [0.717, 1.165) is 24.0 Å². The number of ether oxygens (including phenoxy) is 1. The van der Waals surface area contributed by atoms with E-state index >= 15 is 0 Å². The van der Waals surface area contributed by atoms with Crippen LogP contribution in [-0.2, 0) is 4.79 Å². The van der Waals surface area contributed by atoms with Crippen LogP contribution in [0.5, 0.6) is 5.75 Å². The first kappa shape index (κ1) is 26.9. The molecule has 0 aliphatic rings. The summed E-state index contributed by atoms with van der Waals surface area (Å²) in [6.07, 6.45) is 1.91. The number of fused-ring (bicyclic) bond motifs is 1. The van der Waals surface area contributed by atoms with Gasteiger partial charge in [-0.05, 0) is 71.0 Å². The number of hydrogen-bond acceptors (Lipinski definition) is 3. The van der Waals surface area contributed by atoms with Gasteiger partial charge >= 0.3 is 5.97 Å². The highest BCUT2D eigenvalue weighted by molar-refractivity contribution is 5.94. The number of hydrogen-bond donors (Lipinski definition) is 2. The molecule has 5 heteroatoms. The average Bonchev–Trinajstić information content (AvgIpc) is 2.93. The van der Waals surface area contributed by atoms with Gasteiger partial charge in [0.05, 0.1) is 13.5 Å². The van der Waals surface area contributed by atoms with E-state index in [9.17, 15) is 9.59 Å². The van der Waals surface area contributed by atoms with E-state index in [0.29, 0.717) is 5.56 Å². The highest BCUT2D eigenvalue weighted by Crippen LogP contribution is 2.42. The van der Waals surface area contributed by atoms with Crippen LogP contribution in [0.1, 0.15) is 70.6 Å². The molecule has 2 N–H and O–H groups in total. The summed E-state index contributed by atoms with van der Waals surface area (Å²) < 4.78 is 5.41. The summed E-state index contributed by atoms with van der Waals surface area (Å²) in [7, 11) is 1.68. The van der Waals surface area contributed by atoms with Crippen molar-refractivity contribution in [1.82, 2.24) is 5.32 Å². The first-order valence-electron chi connectivity index (χ1n) is 13.1. The van der Waals surface area contributed by atoms with Crippen molar-refractivity contribution in [3.63, 3.8) is 0 Å². The Balaban J connectivity index is 1.71. The van der Waals surface area contributed by atoms with E-state index in [1.807, 2.05) is 30.3 Å². The van der Waals surface area contributed by atoms with Crippen molar-refractivity contribution in [1.29, 1.82) is 0 Å². The third-order valence-electron chi connectivity index (χ3n) is 7.09. The molecule has 4 rings (SSSR count). The lowest BCUT2D eigenvalue weighted by atomic mass is 9.74. The summed E-state index contributed by atoms with van der Waals surface area (Å²) in [4.78, 5) is 23.3. The molecule has 2 atom stereocenters. The van der Waals surface area contributed by atoms with Crippen molar-refractivity contribution < 1.29 is 19.4 Å². The third kappa shape index (κ3) is 6.41. The minimum Gasteiger partial charge on any atom is -0.497 e. The molecule has 0 spiro atoms. The quantitative estimate of drug-likeness (QED) is 0.227. The largest absolute Gasteiger partial charge is 0.497 e. The monoisotopic (exact) mass is 509 g/mol. The van der Waals surface area contributed by atoms with E-state index < -0.39 is 5.97 Å². The van der Waals surface area contributed by atoms with Gasteiger partial charge in [0.25, 0.3) is 5.91 Å². The average molecular weight is 510 g/mol. The first-order valence-corrected chi connectivity index (χ1v) is 13.1. The van der Waals surface area contributed by atoms with E-state index in [2.05, 4.69) is 73.8 Å². The Morgan fingerprint density at radius 2 is 1.47 bits per heavy atom. The maximum absolute atomic E-state index is 12.5. The minimum atomic E-state index is -0.932. The lowest BCUT2D eigenvalue weighted by Gasteiger charge is -2.29. The zero-order valence-electron chi connectivity index (χ0n) is 22.2. The Labute approximate surface area is 224 Å². The SMILES string of the molecule is CCC[C@H](c1ccc(C(=O)NCCC(=O)O)cc1)C(c1ccc(C)cc1)c1ccc2cc(OC)ccc2c1. The van der Waals surface area contributed by atoms with Crippen LogP contribution >= 0.6 is 0 Å². The number of carbonyl (C=O) groups excluding carboxylic acids is 1. The van der Waals surface area contributed by atoms with Crippen molar-refractivity contribution in [3.05, 3.63) is 113 Å². The van der Waals surface area contributed by atoms with E-state index in [1.165, 1.54) is 27.6 Å². The van der Waals surface area contributed by atoms with Crippen LogP contribution < -0.4 is 10.1 Å². The molecular weight excluding hydrogens is 474 g/mol. The first-order chi connectivity index (χ1) is 18.4. The smallest absolute Gasteiger partial charge is 0.305 e. The summed E-state index contributed by atoms with van der Waals surface area (Å²) in [5.41, 5.74) is 5.44. The van der Waals surface area contributed by atoms with Gasteiger partial charge in [0.1, 0.15) is 5.75 Å². The summed E-state index contributed by atoms with van der Waals surface area (Å²) in [6.45, 7) is 4.42. The van der Waals surface area contributed by atoms with E-state index in [4.69, 9.17) is 9.84 Å². The zero-order valence-corrected chi connectivity index (χ0v) is 22.2. The molecule has 0 aliphatic heterocycles. The molecular formula is C33H35NO4. The molecule has 38 heavy (non-hydrogen) atoms. The Morgan fingerprint density at radius 3 is 2.13 bits per heavy atom. The molecule has 0 saturated heterocycles. The normalized spacial score (nSPS) is 12.6. The van der Waals surface area contributed by atoms with Crippen molar-refractivity contribution in [3.8, 4) is 5.75 Å². The maximum atomic E-state index is 12.5. The summed E-state index contributed by atoms with van der Waals surface area (Å²) in [5.74, 6) is -0.000911. The fraction of sp³-hybridized carbons (Fsp3) is 0.273. The van der Waals surface area contributed by atoms with Crippen LogP contribution in [0.25, 0.3) is 10.8 Å². The van der Waals surface area contributed by atoms with Crippen LogP contribution in [0.15, 0.2) is 84.9 Å². The number of aryl methyl sites for hydroxylation is 1. The molecule has 0 saturated carbocycles. The van der Waals surface area contributed by atoms with Crippen LogP contribution in [0.2, 0.25) is 0 Å². The molecule has 0 aliphatic carbocycles. The Bertz CT molecular complexity index is 1390. The Morgan fingerprint density at radius 1 is 0.842 bits per heavy atom. The van der Waals surface area contributed by atoms with Gasteiger partial charge in [0.2, 0.25) is 0 Å². The van der Waals surface area contributed by atoms with Gasteiger partial charge < -0.3 is 15.2 Å². The van der Waals surface area contributed by atoms with Crippen molar-refractivity contribution in [2.45, 2.75) is 44.9 Å². The molecule has 0 fully saturated rings. The van der Waals surface area contributed by atoms with Crippen LogP contribution in [-0.4, -0.2) is 30.6 Å². The van der Waals surface area contributed by atoms with Crippen molar-refractivity contribution >= 4 is 22.6 Å². The van der Waals surface area contributed by atoms with Gasteiger partial charge in [0, 0.05) is 18.0 Å². The second-order valence-corrected chi connectivity index (χ2v) is 9.78. The lowest BCUT2D eigenvalue weighted by Crippen LogP contribution is -2.26. The zero-order chi connectivity index (χ0) is 27.1. The molecule has 4 aromatic carbocycles. The molecule has 196 valence electrons. The number of carboxylic acids is 1. The van der Waals surface area contributed by atoms with E-state index in [-0.39, 0.29) is 30.7 Å². The number of amides is 1. The number of carboxylic acid groups (broad SMARTS) is 1. The van der Waals surface area contributed by atoms with Gasteiger partial charge in [-0.3, -0.25) is 9.59 Å². The van der Waals surface area contributed by atoms with Gasteiger partial charge in [-0.2, -0.15) is 0 Å². The number of methoxy groups -OCH3 is 1. The van der Waals surface area contributed by atoms with Gasteiger partial charge in [-0.15, -0.1) is 0 Å². The van der Waals surface area contributed by atoms with Crippen molar-refractivity contribution in [2.75, 3.05) is 13.7 Å². The number of aliphatic carboxylic acids is 1. The number of rotatable bonds is 11. The summed E-state index contributed by atoms with van der Waals surface area (Å²) >= 11 is 0. The predicted octanol–water partition coefficient (Wildman–Crippen LogP) is 7.08. The molecule has 1 unspecified atom stereocenters. The number of benzene rings is 4. The topological polar surface area (TPSA) is 75.6 Å². The highest BCUT2D eigenvalue weighted by atomic mass is 16.5. The summed E-state index contributed by atoms with van der Waals surface area (Å²) in [5, 5.41) is 13.8. The molecule has 4 aromatic rings. The fourth-order valence-corrected chi connectivity index (χ4v) is 5.10. The van der Waals surface area contributed by atoms with Gasteiger partial charge in [-0.1, -0.05) is 79.6 Å². The van der Waals surface area contributed by atoms with E-state index in [1.54, 1.807) is 7.11 Å². The maximum Gasteiger partial charge on any atom is 0.305 e. The standard InChI is InChI=1S/C33H35NO4/c1-4-5-30(23-10-12-25(13-11-23)33(37)34-19-18-31(35)36)32(24-8-6-22(2)7-9-24)28-15-14-27-21-29(38-3)17-16-26(27)20-28/h6-17,20-21,30,32H,4-5,18-19H2,1-3H3,(H,34,37)(H,35,36)/t30-,32?/m1/s1. The lowest BCUT2D eigenvalue weighted by molar-refractivity contribution is -0.136. The molecule has 0 aromatic heterocycles. The molecule has 0 heterocycles. The fourth-order valence-electron chi connectivity index (χ4n) is 5.10. The molecule has 5 nitrogen and oxygen atoms in total. The van der Waals surface area contributed by atoms with Crippen LogP contribution in [0.3, 0.4) is 0 Å². The van der Waals surface area contributed by atoms with Gasteiger partial charge in [0.15, 0.2) is 0 Å². The Hall–Kier alpha value is -4.12. The minimum absolute atomic E-state index is 0.0980. The molecule has 0 bridgehead atoms. The predicted molar refractivity (Wildman–Crippen MR) is 152 cm³/mol. The van der Waals surface area contributed by atoms with Gasteiger partial charge in [-0.25, -0.2) is 0 Å². The number of carbonyl (C=O) groups is 2. The summed E-state index contributed by atoms with van der Waals surface area (Å²) in [6, 6.07) is 29.4.